The molecule has 3 fully saturated rings. The van der Waals surface area contributed by atoms with Crippen LogP contribution in [0.25, 0.3) is 0 Å². The summed E-state index contributed by atoms with van der Waals surface area (Å²) in [6, 6.07) is 0. The highest BCUT2D eigenvalue weighted by atomic mass is 32.2. The zero-order valence-electron chi connectivity index (χ0n) is 15.6. The Morgan fingerprint density at radius 3 is 2.60 bits per heavy atom. The molecule has 3 saturated carbocycles. The van der Waals surface area contributed by atoms with Gasteiger partial charge in [0.2, 0.25) is 0 Å². The molecular weight excluding hydrogens is 336 g/mol. The second-order valence-corrected chi connectivity index (χ2v) is 9.94. The van der Waals surface area contributed by atoms with Crippen LogP contribution in [0.4, 0.5) is 0 Å². The maximum Gasteiger partial charge on any atom is 0.304 e. The van der Waals surface area contributed by atoms with Crippen molar-refractivity contribution in [2.75, 3.05) is 7.11 Å². The fourth-order valence-corrected chi connectivity index (χ4v) is 7.10. The van der Waals surface area contributed by atoms with Crippen molar-refractivity contribution in [3.8, 4) is 0 Å². The van der Waals surface area contributed by atoms with Crippen molar-refractivity contribution in [3.05, 3.63) is 11.6 Å². The molecule has 5 heteroatoms. The van der Waals surface area contributed by atoms with Crippen LogP contribution in [0.2, 0.25) is 0 Å². The monoisotopic (exact) mass is 366 g/mol. The molecular formula is C20H30O4S. The van der Waals surface area contributed by atoms with Gasteiger partial charge in [0.1, 0.15) is 5.78 Å². The van der Waals surface area contributed by atoms with Crippen molar-refractivity contribution in [2.24, 2.45) is 28.6 Å². The number of rotatable bonds is 3. The lowest BCUT2D eigenvalue weighted by Gasteiger charge is -2.56. The van der Waals surface area contributed by atoms with Crippen LogP contribution in [0.5, 0.6) is 0 Å². The topological polar surface area (TPSA) is 52.6 Å². The summed E-state index contributed by atoms with van der Waals surface area (Å²) in [6.45, 7) is 4.66. The van der Waals surface area contributed by atoms with E-state index < -0.39 is 11.4 Å². The second-order valence-electron chi connectivity index (χ2n) is 9.01. The van der Waals surface area contributed by atoms with Crippen molar-refractivity contribution in [1.82, 2.24) is 0 Å². The maximum absolute atomic E-state index is 12.5. The first kappa shape index (κ1) is 17.9. The third kappa shape index (κ3) is 2.69. The summed E-state index contributed by atoms with van der Waals surface area (Å²) < 4.78 is 21.9. The molecule has 0 bridgehead atoms. The summed E-state index contributed by atoms with van der Waals surface area (Å²) in [5.41, 5.74) is 1.66. The molecule has 0 saturated heterocycles. The van der Waals surface area contributed by atoms with E-state index in [1.807, 2.05) is 0 Å². The molecule has 4 nitrogen and oxygen atoms in total. The quantitative estimate of drug-likeness (QED) is 0.705. The number of ketones is 1. The molecule has 0 aliphatic heterocycles. The maximum atomic E-state index is 12.5. The predicted molar refractivity (Wildman–Crippen MR) is 96.7 cm³/mol. The molecule has 0 aromatic heterocycles. The molecule has 7 unspecified atom stereocenters. The Morgan fingerprint density at radius 1 is 1.12 bits per heavy atom. The van der Waals surface area contributed by atoms with Crippen LogP contribution in [0.15, 0.2) is 11.6 Å². The van der Waals surface area contributed by atoms with Crippen molar-refractivity contribution >= 4 is 17.1 Å². The van der Waals surface area contributed by atoms with Crippen LogP contribution in [0.3, 0.4) is 0 Å². The van der Waals surface area contributed by atoms with Gasteiger partial charge in [-0.2, -0.15) is 4.21 Å². The molecule has 0 aromatic rings. The highest BCUT2D eigenvalue weighted by molar-refractivity contribution is 7.75. The van der Waals surface area contributed by atoms with Gasteiger partial charge in [-0.05, 0) is 68.1 Å². The van der Waals surface area contributed by atoms with E-state index in [4.69, 9.17) is 8.37 Å². The molecule has 4 aliphatic carbocycles. The first-order valence-corrected chi connectivity index (χ1v) is 10.7. The number of fused-ring (bicyclic) bond motifs is 5. The molecule has 0 aromatic carbocycles. The summed E-state index contributed by atoms with van der Waals surface area (Å²) in [5, 5.41) is 0. The fourth-order valence-electron chi connectivity index (χ4n) is 6.63. The van der Waals surface area contributed by atoms with Crippen LogP contribution < -0.4 is 0 Å². The van der Waals surface area contributed by atoms with Gasteiger partial charge in [0, 0.05) is 11.8 Å². The minimum atomic E-state index is -1.64. The molecule has 4 rings (SSSR count). The van der Waals surface area contributed by atoms with E-state index in [0.717, 1.165) is 44.9 Å². The Balaban J connectivity index is 1.56. The summed E-state index contributed by atoms with van der Waals surface area (Å²) >= 11 is -1.64. The summed E-state index contributed by atoms with van der Waals surface area (Å²) in [4.78, 5) is 12.5. The third-order valence-corrected chi connectivity index (χ3v) is 8.82. The molecule has 0 heterocycles. The zero-order chi connectivity index (χ0) is 17.8. The first-order valence-electron chi connectivity index (χ1n) is 9.74. The van der Waals surface area contributed by atoms with Gasteiger partial charge >= 0.3 is 11.4 Å². The van der Waals surface area contributed by atoms with Crippen molar-refractivity contribution in [3.63, 3.8) is 0 Å². The lowest BCUT2D eigenvalue weighted by molar-refractivity contribution is -0.131. The van der Waals surface area contributed by atoms with E-state index >= 15 is 0 Å². The molecule has 0 amide bonds. The fraction of sp³-hybridized carbons (Fsp3) is 0.850. The average molecular weight is 367 g/mol. The second kappa shape index (κ2) is 6.28. The number of carbonyl (C=O) groups is 1. The van der Waals surface area contributed by atoms with E-state index in [9.17, 15) is 9.00 Å². The minimum absolute atomic E-state index is 0.00132. The number of carbonyl (C=O) groups excluding carboxylic acids is 1. The molecule has 0 spiro atoms. The number of hydrogen-bond donors (Lipinski definition) is 0. The van der Waals surface area contributed by atoms with E-state index in [-0.39, 0.29) is 16.9 Å². The van der Waals surface area contributed by atoms with E-state index in [0.29, 0.717) is 23.5 Å². The standard InChI is InChI=1S/C20H30O4S/c1-19-10-8-14(24-25(22)23-3)12-13(19)4-5-15-16-6-7-18(21)20(16,2)11-9-17(15)19/h4,14-17H,5-12H2,1-3H3. The summed E-state index contributed by atoms with van der Waals surface area (Å²) in [5.74, 6) is 2.42. The van der Waals surface area contributed by atoms with Gasteiger partial charge < -0.3 is 0 Å². The minimum Gasteiger partial charge on any atom is -0.299 e. The first-order chi connectivity index (χ1) is 11.9. The van der Waals surface area contributed by atoms with Gasteiger partial charge in [-0.15, -0.1) is 0 Å². The number of hydrogen-bond acceptors (Lipinski definition) is 4. The molecule has 4 aliphatic rings. The van der Waals surface area contributed by atoms with Gasteiger partial charge in [-0.1, -0.05) is 25.5 Å². The Kier molecular flexibility index (Phi) is 4.49. The zero-order valence-corrected chi connectivity index (χ0v) is 16.4. The lowest BCUT2D eigenvalue weighted by Crippen LogP contribution is -2.50. The highest BCUT2D eigenvalue weighted by Gasteiger charge is 2.58. The third-order valence-electron chi connectivity index (χ3n) is 8.12. The lowest BCUT2D eigenvalue weighted by atomic mass is 9.48. The van der Waals surface area contributed by atoms with Crippen LogP contribution in [-0.4, -0.2) is 23.2 Å². The molecule has 0 N–H and O–H groups in total. The number of allylic oxidation sites excluding steroid dienone is 1. The molecule has 0 radical (unpaired) electrons. The summed E-state index contributed by atoms with van der Waals surface area (Å²) in [6.07, 6.45) is 10.5. The number of Topliss-reactive ketones (excluding diaryl/α,β-unsaturated/α-hetero) is 1. The molecule has 7 atom stereocenters. The van der Waals surface area contributed by atoms with Crippen LogP contribution in [0.1, 0.15) is 65.2 Å². The van der Waals surface area contributed by atoms with Crippen LogP contribution in [0, 0.1) is 28.6 Å². The van der Waals surface area contributed by atoms with Crippen molar-refractivity contribution < 1.29 is 17.4 Å². The largest absolute Gasteiger partial charge is 0.304 e. The smallest absolute Gasteiger partial charge is 0.299 e. The Hall–Kier alpha value is -0.520. The van der Waals surface area contributed by atoms with Crippen LogP contribution >= 0.6 is 0 Å². The van der Waals surface area contributed by atoms with E-state index in [1.54, 1.807) is 0 Å². The molecule has 140 valence electrons. The Morgan fingerprint density at radius 2 is 1.84 bits per heavy atom. The van der Waals surface area contributed by atoms with Gasteiger partial charge in [-0.3, -0.25) is 13.2 Å². The van der Waals surface area contributed by atoms with Gasteiger partial charge in [-0.25, -0.2) is 0 Å². The Labute approximate surface area is 153 Å². The predicted octanol–water partition coefficient (Wildman–Crippen LogP) is 4.13. The van der Waals surface area contributed by atoms with Crippen LogP contribution in [-0.2, 0) is 24.5 Å². The van der Waals surface area contributed by atoms with Gasteiger partial charge in [0.05, 0.1) is 13.2 Å². The SMILES string of the molecule is COS(=O)OC1CCC2(C)C(=CCC3C4CCC(=O)C4(C)CCC32)C1. The normalized spacial score (nSPS) is 47.5. The van der Waals surface area contributed by atoms with E-state index in [2.05, 4.69) is 19.9 Å². The highest BCUT2D eigenvalue weighted by Crippen LogP contribution is 2.64. The van der Waals surface area contributed by atoms with E-state index in [1.165, 1.54) is 19.1 Å². The molecule has 25 heavy (non-hydrogen) atoms. The van der Waals surface area contributed by atoms with Crippen molar-refractivity contribution in [1.29, 1.82) is 0 Å². The van der Waals surface area contributed by atoms with Crippen molar-refractivity contribution in [2.45, 2.75) is 71.3 Å². The average Bonchev–Trinajstić information content (AvgIpc) is 2.90. The van der Waals surface area contributed by atoms with Gasteiger partial charge in [0.15, 0.2) is 0 Å². The summed E-state index contributed by atoms with van der Waals surface area (Å²) in [7, 11) is 1.41. The Bertz CT molecular complexity index is 629. The van der Waals surface area contributed by atoms with Gasteiger partial charge in [0.25, 0.3) is 0 Å².